The second kappa shape index (κ2) is 4.79. The van der Waals surface area contributed by atoms with E-state index in [1.54, 1.807) is 0 Å². The molecule has 1 aromatic carbocycles. The fourth-order valence-electron chi connectivity index (χ4n) is 1.56. The molecule has 0 bridgehead atoms. The summed E-state index contributed by atoms with van der Waals surface area (Å²) >= 11 is 3.62. The highest BCUT2D eigenvalue weighted by molar-refractivity contribution is 9.10. The molecule has 0 saturated heterocycles. The minimum Gasteiger partial charge on any atom is -0.103 e. The monoisotopic (exact) mass is 252 g/mol. The lowest BCUT2D eigenvalue weighted by Gasteiger charge is -2.14. The number of halogens is 1. The summed E-state index contributed by atoms with van der Waals surface area (Å²) < 4.78 is 1.22. The van der Waals surface area contributed by atoms with E-state index in [4.69, 9.17) is 0 Å². The maximum absolute atomic E-state index is 3.78. The molecule has 0 aliphatic rings. The summed E-state index contributed by atoms with van der Waals surface area (Å²) in [5.41, 5.74) is 4.08. The molecule has 1 aromatic rings. The molecule has 0 nitrogen and oxygen atoms in total. The predicted octanol–water partition coefficient (Wildman–Crippen LogP) is 4.75. The smallest absolute Gasteiger partial charge is 0.0212 e. The molecule has 0 aromatic heterocycles. The molecule has 0 N–H and O–H groups in total. The van der Waals surface area contributed by atoms with Gasteiger partial charge in [-0.15, -0.1) is 6.58 Å². The summed E-state index contributed by atoms with van der Waals surface area (Å²) in [5.74, 6) is 0.543. The zero-order valence-electron chi connectivity index (χ0n) is 9.10. The third-order valence-corrected chi connectivity index (χ3v) is 3.35. The largest absolute Gasteiger partial charge is 0.103 e. The predicted molar refractivity (Wildman–Crippen MR) is 66.8 cm³/mol. The highest BCUT2D eigenvalue weighted by atomic mass is 79.9. The quantitative estimate of drug-likeness (QED) is 0.682. The Morgan fingerprint density at radius 3 is 2.50 bits per heavy atom. The minimum absolute atomic E-state index is 0.543. The van der Waals surface area contributed by atoms with E-state index in [1.165, 1.54) is 21.2 Å². The molecule has 76 valence electrons. The van der Waals surface area contributed by atoms with Crippen molar-refractivity contribution in [1.29, 1.82) is 0 Å². The van der Waals surface area contributed by atoms with E-state index < -0.39 is 0 Å². The Balaban J connectivity index is 3.08. The Morgan fingerprint density at radius 2 is 1.93 bits per heavy atom. The Kier molecular flexibility index (Phi) is 3.94. The van der Waals surface area contributed by atoms with Crippen LogP contribution in [0.25, 0.3) is 0 Å². The van der Waals surface area contributed by atoms with Crippen LogP contribution in [0.2, 0.25) is 0 Å². The molecule has 0 aliphatic carbocycles. The minimum atomic E-state index is 0.543. The van der Waals surface area contributed by atoms with E-state index in [2.05, 4.69) is 55.4 Å². The second-order valence-electron chi connectivity index (χ2n) is 3.88. The van der Waals surface area contributed by atoms with Gasteiger partial charge in [0.05, 0.1) is 0 Å². The van der Waals surface area contributed by atoms with Gasteiger partial charge in [-0.05, 0) is 48.9 Å². The first-order valence-corrected chi connectivity index (χ1v) is 5.73. The molecule has 0 spiro atoms. The lowest BCUT2D eigenvalue weighted by atomic mass is 9.95. The average Bonchev–Trinajstić information content (AvgIpc) is 2.11. The van der Waals surface area contributed by atoms with E-state index in [0.29, 0.717) is 5.92 Å². The number of hydrogen-bond acceptors (Lipinski definition) is 0. The van der Waals surface area contributed by atoms with Crippen molar-refractivity contribution in [3.63, 3.8) is 0 Å². The van der Waals surface area contributed by atoms with Crippen molar-refractivity contribution in [2.45, 2.75) is 33.1 Å². The van der Waals surface area contributed by atoms with Gasteiger partial charge in [0.1, 0.15) is 0 Å². The number of aryl methyl sites for hydroxylation is 2. The van der Waals surface area contributed by atoms with Crippen molar-refractivity contribution in [1.82, 2.24) is 0 Å². The maximum atomic E-state index is 3.78. The molecule has 0 aliphatic heterocycles. The molecule has 0 heterocycles. The standard InChI is InChI=1S/C13H17Br/c1-5-6-9(2)12-7-10(3)11(4)8-13(12)14/h5,7-9H,1,6H2,2-4H3. The molecule has 14 heavy (non-hydrogen) atoms. The first-order valence-electron chi connectivity index (χ1n) is 4.93. The van der Waals surface area contributed by atoms with Crippen LogP contribution in [-0.4, -0.2) is 0 Å². The van der Waals surface area contributed by atoms with Crippen molar-refractivity contribution in [2.24, 2.45) is 0 Å². The SMILES string of the molecule is C=CCC(C)c1cc(C)c(C)cc1Br. The van der Waals surface area contributed by atoms with E-state index in [-0.39, 0.29) is 0 Å². The van der Waals surface area contributed by atoms with Crippen molar-refractivity contribution in [3.05, 3.63) is 46.0 Å². The molecule has 0 amide bonds. The summed E-state index contributed by atoms with van der Waals surface area (Å²) in [5, 5.41) is 0. The van der Waals surface area contributed by atoms with Crippen LogP contribution < -0.4 is 0 Å². The third-order valence-electron chi connectivity index (χ3n) is 2.66. The zero-order valence-corrected chi connectivity index (χ0v) is 10.7. The lowest BCUT2D eigenvalue weighted by molar-refractivity contribution is 0.776. The number of rotatable bonds is 3. The molecule has 1 unspecified atom stereocenters. The van der Waals surface area contributed by atoms with Crippen molar-refractivity contribution in [2.75, 3.05) is 0 Å². The average molecular weight is 253 g/mol. The van der Waals surface area contributed by atoms with Crippen LogP contribution in [0, 0.1) is 13.8 Å². The van der Waals surface area contributed by atoms with Crippen LogP contribution in [-0.2, 0) is 0 Å². The molecule has 1 rings (SSSR count). The fraction of sp³-hybridized carbons (Fsp3) is 0.385. The van der Waals surface area contributed by atoms with Crippen molar-refractivity contribution >= 4 is 15.9 Å². The van der Waals surface area contributed by atoms with E-state index in [1.807, 2.05) is 6.08 Å². The molecule has 1 atom stereocenters. The van der Waals surface area contributed by atoms with Crippen LogP contribution in [0.1, 0.15) is 36.0 Å². The molecular formula is C13H17Br. The molecule has 1 heteroatoms. The normalized spacial score (nSPS) is 12.6. The van der Waals surface area contributed by atoms with E-state index in [9.17, 15) is 0 Å². The van der Waals surface area contributed by atoms with E-state index in [0.717, 1.165) is 6.42 Å². The fourth-order valence-corrected chi connectivity index (χ4v) is 2.41. The van der Waals surface area contributed by atoms with Gasteiger partial charge in [0.25, 0.3) is 0 Å². The van der Waals surface area contributed by atoms with E-state index >= 15 is 0 Å². The molecule has 0 radical (unpaired) electrons. The van der Waals surface area contributed by atoms with Crippen LogP contribution in [0.4, 0.5) is 0 Å². The van der Waals surface area contributed by atoms with Crippen molar-refractivity contribution in [3.8, 4) is 0 Å². The first-order chi connectivity index (χ1) is 6.56. The molecule has 0 fully saturated rings. The topological polar surface area (TPSA) is 0 Å². The van der Waals surface area contributed by atoms with Gasteiger partial charge in [-0.2, -0.15) is 0 Å². The van der Waals surface area contributed by atoms with Gasteiger partial charge >= 0.3 is 0 Å². The van der Waals surface area contributed by atoms with Gasteiger partial charge in [-0.3, -0.25) is 0 Å². The van der Waals surface area contributed by atoms with Gasteiger partial charge in [0, 0.05) is 4.47 Å². The molecule has 0 saturated carbocycles. The maximum Gasteiger partial charge on any atom is 0.0212 e. The zero-order chi connectivity index (χ0) is 10.7. The van der Waals surface area contributed by atoms with Crippen LogP contribution in [0.5, 0.6) is 0 Å². The summed E-state index contributed by atoms with van der Waals surface area (Å²) in [6.07, 6.45) is 3.01. The Labute approximate surface area is 95.2 Å². The summed E-state index contributed by atoms with van der Waals surface area (Å²) in [6.45, 7) is 10.3. The lowest BCUT2D eigenvalue weighted by Crippen LogP contribution is -1.95. The van der Waals surface area contributed by atoms with Crippen molar-refractivity contribution < 1.29 is 0 Å². The second-order valence-corrected chi connectivity index (χ2v) is 4.74. The van der Waals surface area contributed by atoms with Gasteiger partial charge < -0.3 is 0 Å². The van der Waals surface area contributed by atoms with Crippen LogP contribution in [0.15, 0.2) is 29.3 Å². The van der Waals surface area contributed by atoms with Crippen LogP contribution in [0.3, 0.4) is 0 Å². The summed E-state index contributed by atoms with van der Waals surface area (Å²) in [7, 11) is 0. The van der Waals surface area contributed by atoms with Gasteiger partial charge in [-0.25, -0.2) is 0 Å². The summed E-state index contributed by atoms with van der Waals surface area (Å²) in [4.78, 5) is 0. The number of hydrogen-bond donors (Lipinski definition) is 0. The highest BCUT2D eigenvalue weighted by Crippen LogP contribution is 2.29. The Morgan fingerprint density at radius 1 is 1.36 bits per heavy atom. The Bertz CT molecular complexity index is 339. The Hall–Kier alpha value is -0.560. The highest BCUT2D eigenvalue weighted by Gasteiger charge is 2.09. The number of benzene rings is 1. The van der Waals surface area contributed by atoms with Gasteiger partial charge in [0.15, 0.2) is 0 Å². The van der Waals surface area contributed by atoms with Gasteiger partial charge in [0.2, 0.25) is 0 Å². The van der Waals surface area contributed by atoms with Gasteiger partial charge in [-0.1, -0.05) is 35.0 Å². The third kappa shape index (κ3) is 2.48. The number of allylic oxidation sites excluding steroid dienone is 1. The summed E-state index contributed by atoms with van der Waals surface area (Å²) in [6, 6.07) is 4.47. The van der Waals surface area contributed by atoms with Crippen LogP contribution >= 0.6 is 15.9 Å². The first kappa shape index (κ1) is 11.5. The molecular weight excluding hydrogens is 236 g/mol.